The van der Waals surface area contributed by atoms with E-state index in [1.807, 2.05) is 0 Å². The van der Waals surface area contributed by atoms with E-state index in [2.05, 4.69) is 5.32 Å². The van der Waals surface area contributed by atoms with Gasteiger partial charge in [-0.1, -0.05) is 35.3 Å². The molecule has 0 atom stereocenters. The molecule has 6 heteroatoms. The molecular weight excluding hydrogens is 304 g/mol. The number of aromatic hydroxyl groups is 1. The van der Waals surface area contributed by atoms with Crippen LogP contribution in [0.4, 0.5) is 10.1 Å². The molecule has 1 amide bonds. The Kier molecular flexibility index (Phi) is 4.47. The predicted molar refractivity (Wildman–Crippen MR) is 76.9 cm³/mol. The van der Waals surface area contributed by atoms with E-state index in [4.69, 9.17) is 23.2 Å². The topological polar surface area (TPSA) is 49.3 Å². The van der Waals surface area contributed by atoms with Crippen molar-refractivity contribution >= 4 is 34.8 Å². The molecule has 2 N–H and O–H groups in total. The van der Waals surface area contributed by atoms with E-state index >= 15 is 0 Å². The molecule has 0 saturated carbocycles. The number of carbonyl (C=O) groups is 1. The molecule has 20 heavy (non-hydrogen) atoms. The van der Waals surface area contributed by atoms with E-state index in [1.165, 1.54) is 30.3 Å². The molecule has 2 aromatic carbocycles. The fourth-order valence-electron chi connectivity index (χ4n) is 1.69. The van der Waals surface area contributed by atoms with Gasteiger partial charge in [-0.15, -0.1) is 0 Å². The van der Waals surface area contributed by atoms with E-state index in [-0.39, 0.29) is 27.9 Å². The van der Waals surface area contributed by atoms with Crippen LogP contribution in [0.25, 0.3) is 0 Å². The van der Waals surface area contributed by atoms with Crippen molar-refractivity contribution in [2.75, 3.05) is 5.32 Å². The van der Waals surface area contributed by atoms with Crippen molar-refractivity contribution in [1.82, 2.24) is 0 Å². The molecule has 0 unspecified atom stereocenters. The third kappa shape index (κ3) is 3.62. The van der Waals surface area contributed by atoms with Crippen LogP contribution in [-0.4, -0.2) is 11.0 Å². The van der Waals surface area contributed by atoms with E-state index < -0.39 is 11.7 Å². The number of benzene rings is 2. The summed E-state index contributed by atoms with van der Waals surface area (Å²) in [5, 5.41) is 12.5. The molecule has 0 spiro atoms. The lowest BCUT2D eigenvalue weighted by Crippen LogP contribution is -2.14. The number of nitrogens with one attached hydrogen (secondary N) is 1. The van der Waals surface area contributed by atoms with Gasteiger partial charge in [-0.2, -0.15) is 0 Å². The zero-order valence-corrected chi connectivity index (χ0v) is 11.7. The number of rotatable bonds is 3. The van der Waals surface area contributed by atoms with Gasteiger partial charge in [0, 0.05) is 5.02 Å². The first-order chi connectivity index (χ1) is 9.45. The van der Waals surface area contributed by atoms with Gasteiger partial charge in [-0.05, 0) is 29.8 Å². The highest BCUT2D eigenvalue weighted by Crippen LogP contribution is 2.35. The Morgan fingerprint density at radius 2 is 2.00 bits per heavy atom. The first-order valence-electron chi connectivity index (χ1n) is 5.68. The first kappa shape index (κ1) is 14.6. The molecule has 2 rings (SSSR count). The van der Waals surface area contributed by atoms with Crippen LogP contribution >= 0.6 is 23.2 Å². The first-order valence-corrected chi connectivity index (χ1v) is 6.43. The summed E-state index contributed by atoms with van der Waals surface area (Å²) in [6, 6.07) is 8.46. The van der Waals surface area contributed by atoms with Crippen molar-refractivity contribution in [3.05, 3.63) is 57.8 Å². The average molecular weight is 314 g/mol. The van der Waals surface area contributed by atoms with Gasteiger partial charge in [0.05, 0.1) is 17.1 Å². The lowest BCUT2D eigenvalue weighted by atomic mass is 10.1. The summed E-state index contributed by atoms with van der Waals surface area (Å²) < 4.78 is 13.0. The molecule has 0 aliphatic carbocycles. The van der Waals surface area contributed by atoms with Crippen molar-refractivity contribution in [2.45, 2.75) is 6.42 Å². The van der Waals surface area contributed by atoms with E-state index in [0.29, 0.717) is 5.56 Å². The standard InChI is InChI=1S/C14H10Cl2FNO2/c15-9-6-11(16)14(20)12(7-9)18-13(19)5-8-2-1-3-10(17)4-8/h1-4,6-7,20H,5H2,(H,18,19). The van der Waals surface area contributed by atoms with Gasteiger partial charge in [0.1, 0.15) is 5.82 Å². The van der Waals surface area contributed by atoms with Crippen molar-refractivity contribution in [2.24, 2.45) is 0 Å². The molecule has 0 aromatic heterocycles. The van der Waals surface area contributed by atoms with E-state index in [1.54, 1.807) is 6.07 Å². The number of hydrogen-bond acceptors (Lipinski definition) is 2. The largest absolute Gasteiger partial charge is 0.504 e. The molecule has 0 saturated heterocycles. The van der Waals surface area contributed by atoms with Crippen LogP contribution in [-0.2, 0) is 11.2 Å². The highest BCUT2D eigenvalue weighted by Gasteiger charge is 2.11. The molecule has 0 aliphatic heterocycles. The summed E-state index contributed by atoms with van der Waals surface area (Å²) in [5.41, 5.74) is 0.638. The summed E-state index contributed by atoms with van der Waals surface area (Å²) in [5.74, 6) is -1.09. The van der Waals surface area contributed by atoms with Gasteiger partial charge in [-0.3, -0.25) is 4.79 Å². The second-order valence-electron chi connectivity index (χ2n) is 4.14. The van der Waals surface area contributed by atoms with Crippen LogP contribution in [0.1, 0.15) is 5.56 Å². The van der Waals surface area contributed by atoms with Crippen molar-refractivity contribution in [1.29, 1.82) is 0 Å². The smallest absolute Gasteiger partial charge is 0.228 e. The summed E-state index contributed by atoms with van der Waals surface area (Å²) in [6.45, 7) is 0. The minimum atomic E-state index is -0.413. The summed E-state index contributed by atoms with van der Waals surface area (Å²) in [4.78, 5) is 11.8. The van der Waals surface area contributed by atoms with Crippen LogP contribution in [0, 0.1) is 5.82 Å². The lowest BCUT2D eigenvalue weighted by Gasteiger charge is -2.09. The highest BCUT2D eigenvalue weighted by atomic mass is 35.5. The molecule has 0 fully saturated rings. The zero-order chi connectivity index (χ0) is 14.7. The van der Waals surface area contributed by atoms with Crippen molar-refractivity contribution in [3.63, 3.8) is 0 Å². The number of phenols is 1. The maximum absolute atomic E-state index is 13.0. The monoisotopic (exact) mass is 313 g/mol. The molecule has 0 radical (unpaired) electrons. The van der Waals surface area contributed by atoms with Gasteiger partial charge >= 0.3 is 0 Å². The van der Waals surface area contributed by atoms with Crippen LogP contribution < -0.4 is 5.32 Å². The summed E-state index contributed by atoms with van der Waals surface area (Å²) >= 11 is 11.5. The second kappa shape index (κ2) is 6.11. The van der Waals surface area contributed by atoms with E-state index in [9.17, 15) is 14.3 Å². The number of carbonyl (C=O) groups excluding carboxylic acids is 1. The normalized spacial score (nSPS) is 10.3. The second-order valence-corrected chi connectivity index (χ2v) is 4.98. The maximum atomic E-state index is 13.0. The molecule has 2 aromatic rings. The number of phenolic OH excluding ortho intramolecular Hbond substituents is 1. The number of amides is 1. The third-order valence-electron chi connectivity index (χ3n) is 2.56. The molecule has 0 heterocycles. The predicted octanol–water partition coefficient (Wildman–Crippen LogP) is 4.02. The fraction of sp³-hybridized carbons (Fsp3) is 0.0714. The Labute approximate surface area is 124 Å². The van der Waals surface area contributed by atoms with Crippen molar-refractivity contribution < 1.29 is 14.3 Å². The van der Waals surface area contributed by atoms with Gasteiger partial charge in [0.25, 0.3) is 0 Å². The van der Waals surface area contributed by atoms with Gasteiger partial charge in [0.15, 0.2) is 5.75 Å². The maximum Gasteiger partial charge on any atom is 0.228 e. The number of hydrogen-bond donors (Lipinski definition) is 2. The molecular formula is C14H10Cl2FNO2. The Bertz CT molecular complexity index is 662. The SMILES string of the molecule is O=C(Cc1cccc(F)c1)Nc1cc(Cl)cc(Cl)c1O. The molecule has 3 nitrogen and oxygen atoms in total. The summed E-state index contributed by atoms with van der Waals surface area (Å²) in [6.07, 6.45) is -0.0265. The van der Waals surface area contributed by atoms with E-state index in [0.717, 1.165) is 0 Å². The number of anilines is 1. The van der Waals surface area contributed by atoms with Crippen LogP contribution in [0.5, 0.6) is 5.75 Å². The minimum absolute atomic E-state index is 0.0265. The molecule has 0 aliphatic rings. The average Bonchev–Trinajstić information content (AvgIpc) is 2.35. The molecule has 104 valence electrons. The minimum Gasteiger partial charge on any atom is -0.504 e. The Balaban J connectivity index is 2.12. The number of halogens is 3. The Hall–Kier alpha value is -1.78. The highest BCUT2D eigenvalue weighted by molar-refractivity contribution is 6.36. The Morgan fingerprint density at radius 1 is 1.25 bits per heavy atom. The third-order valence-corrected chi connectivity index (χ3v) is 3.06. The molecule has 0 bridgehead atoms. The quantitative estimate of drug-likeness (QED) is 0.841. The van der Waals surface area contributed by atoms with Crippen LogP contribution in [0.15, 0.2) is 36.4 Å². The van der Waals surface area contributed by atoms with Gasteiger partial charge in [-0.25, -0.2) is 4.39 Å². The summed E-state index contributed by atoms with van der Waals surface area (Å²) in [7, 11) is 0. The Morgan fingerprint density at radius 3 is 2.70 bits per heavy atom. The van der Waals surface area contributed by atoms with Gasteiger partial charge in [0.2, 0.25) is 5.91 Å². The van der Waals surface area contributed by atoms with Crippen LogP contribution in [0.2, 0.25) is 10.0 Å². The lowest BCUT2D eigenvalue weighted by molar-refractivity contribution is -0.115. The van der Waals surface area contributed by atoms with Crippen molar-refractivity contribution in [3.8, 4) is 5.75 Å². The van der Waals surface area contributed by atoms with Crippen LogP contribution in [0.3, 0.4) is 0 Å². The zero-order valence-electron chi connectivity index (χ0n) is 10.2. The fourth-order valence-corrected chi connectivity index (χ4v) is 2.18. The van der Waals surface area contributed by atoms with Gasteiger partial charge < -0.3 is 10.4 Å².